The average molecular weight is 421 g/mol. The molecule has 0 aliphatic carbocycles. The third-order valence-electron chi connectivity index (χ3n) is 5.27. The Labute approximate surface area is 177 Å². The number of benzene rings is 1. The van der Waals surface area contributed by atoms with Gasteiger partial charge in [0.2, 0.25) is 0 Å². The predicted octanol–water partition coefficient (Wildman–Crippen LogP) is 3.83. The zero-order chi connectivity index (χ0) is 20.9. The van der Waals surface area contributed by atoms with Gasteiger partial charge in [-0.1, -0.05) is 37.9 Å². The summed E-state index contributed by atoms with van der Waals surface area (Å²) in [5, 5.41) is 15.8. The van der Waals surface area contributed by atoms with E-state index in [4.69, 9.17) is 16.6 Å². The Kier molecular flexibility index (Phi) is 7.11. The van der Waals surface area contributed by atoms with Crippen molar-refractivity contribution >= 4 is 17.6 Å². The molecule has 0 radical (unpaired) electrons. The van der Waals surface area contributed by atoms with Crippen molar-refractivity contribution in [3.8, 4) is 0 Å². The molecule has 2 N–H and O–H groups in total. The molecule has 0 fully saturated rings. The lowest BCUT2D eigenvalue weighted by Crippen LogP contribution is -2.43. The summed E-state index contributed by atoms with van der Waals surface area (Å²) in [5.41, 5.74) is 0.596. The van der Waals surface area contributed by atoms with E-state index < -0.39 is 0 Å². The molecule has 1 aromatic carbocycles. The van der Waals surface area contributed by atoms with Gasteiger partial charge in [-0.3, -0.25) is 0 Å². The average Bonchev–Trinajstić information content (AvgIpc) is 2.90. The van der Waals surface area contributed by atoms with Crippen molar-refractivity contribution < 1.29 is 4.39 Å². The van der Waals surface area contributed by atoms with Crippen molar-refractivity contribution in [2.24, 2.45) is 4.99 Å². The number of rotatable bonds is 6. The molecule has 0 spiro atoms. The second-order valence-corrected chi connectivity index (χ2v) is 8.46. The van der Waals surface area contributed by atoms with E-state index in [0.717, 1.165) is 43.1 Å². The first-order chi connectivity index (χ1) is 13.9. The Morgan fingerprint density at radius 3 is 2.83 bits per heavy atom. The molecule has 2 heterocycles. The van der Waals surface area contributed by atoms with E-state index in [0.29, 0.717) is 24.1 Å². The molecule has 0 saturated heterocycles. The van der Waals surface area contributed by atoms with Gasteiger partial charge in [0, 0.05) is 36.5 Å². The maximum Gasteiger partial charge on any atom is 0.191 e. The Bertz CT molecular complexity index is 861. The molecular weight excluding hydrogens is 391 g/mol. The fourth-order valence-corrected chi connectivity index (χ4v) is 4.02. The quantitative estimate of drug-likeness (QED) is 0.550. The highest BCUT2D eigenvalue weighted by Gasteiger charge is 2.24. The summed E-state index contributed by atoms with van der Waals surface area (Å²) in [6.07, 6.45) is 4.55. The molecule has 2 aromatic rings. The SMILES string of the molecule is CCNC(=NCc1nnc2n1CCCCC2)NCC(C)(C)c1ccc(F)cc1Cl. The van der Waals surface area contributed by atoms with Crippen LogP contribution in [0.25, 0.3) is 0 Å². The van der Waals surface area contributed by atoms with Crippen molar-refractivity contribution in [2.75, 3.05) is 13.1 Å². The molecule has 1 aromatic heterocycles. The monoisotopic (exact) mass is 420 g/mol. The van der Waals surface area contributed by atoms with E-state index in [1.165, 1.54) is 25.0 Å². The van der Waals surface area contributed by atoms with Crippen molar-refractivity contribution in [1.29, 1.82) is 0 Å². The first-order valence-corrected chi connectivity index (χ1v) is 10.7. The van der Waals surface area contributed by atoms with Crippen LogP contribution in [-0.4, -0.2) is 33.8 Å². The lowest BCUT2D eigenvalue weighted by Gasteiger charge is -2.27. The molecule has 3 rings (SSSR count). The number of hydrogen-bond acceptors (Lipinski definition) is 3. The Hall–Kier alpha value is -2.15. The number of nitrogens with one attached hydrogen (secondary N) is 2. The first kappa shape index (κ1) is 21.6. The second-order valence-electron chi connectivity index (χ2n) is 8.05. The predicted molar refractivity (Wildman–Crippen MR) is 115 cm³/mol. The molecule has 0 amide bonds. The van der Waals surface area contributed by atoms with Gasteiger partial charge in [0.05, 0.1) is 0 Å². The van der Waals surface area contributed by atoms with Crippen LogP contribution in [0.5, 0.6) is 0 Å². The molecule has 29 heavy (non-hydrogen) atoms. The van der Waals surface area contributed by atoms with Gasteiger partial charge in [-0.05, 0) is 37.5 Å². The number of aromatic nitrogens is 3. The van der Waals surface area contributed by atoms with E-state index in [9.17, 15) is 4.39 Å². The van der Waals surface area contributed by atoms with Crippen molar-refractivity contribution in [3.05, 3.63) is 46.3 Å². The molecule has 0 saturated carbocycles. The van der Waals surface area contributed by atoms with Crippen molar-refractivity contribution in [2.45, 2.75) is 65.0 Å². The van der Waals surface area contributed by atoms with Crippen LogP contribution in [0, 0.1) is 5.82 Å². The van der Waals surface area contributed by atoms with Gasteiger partial charge in [-0.25, -0.2) is 9.38 Å². The topological polar surface area (TPSA) is 67.1 Å². The summed E-state index contributed by atoms with van der Waals surface area (Å²) in [6.45, 7) is 8.96. The molecule has 0 atom stereocenters. The van der Waals surface area contributed by atoms with Crippen LogP contribution in [0.1, 0.15) is 57.2 Å². The lowest BCUT2D eigenvalue weighted by atomic mass is 9.84. The minimum atomic E-state index is -0.329. The maximum atomic E-state index is 13.4. The molecule has 158 valence electrons. The number of aliphatic imine (C=N–C) groups is 1. The molecule has 0 bridgehead atoms. The number of fused-ring (bicyclic) bond motifs is 1. The van der Waals surface area contributed by atoms with Crippen molar-refractivity contribution in [3.63, 3.8) is 0 Å². The first-order valence-electron chi connectivity index (χ1n) is 10.3. The number of halogens is 2. The second kappa shape index (κ2) is 9.57. The molecule has 1 aliphatic rings. The molecule has 8 heteroatoms. The van der Waals surface area contributed by atoms with E-state index in [-0.39, 0.29) is 11.2 Å². The smallest absolute Gasteiger partial charge is 0.191 e. The Morgan fingerprint density at radius 2 is 2.07 bits per heavy atom. The van der Waals surface area contributed by atoms with Crippen LogP contribution in [0.15, 0.2) is 23.2 Å². The van der Waals surface area contributed by atoms with Gasteiger partial charge >= 0.3 is 0 Å². The summed E-state index contributed by atoms with van der Waals surface area (Å²) in [7, 11) is 0. The summed E-state index contributed by atoms with van der Waals surface area (Å²) < 4.78 is 15.6. The number of nitrogens with zero attached hydrogens (tertiary/aromatic N) is 4. The normalized spacial score (nSPS) is 15.0. The van der Waals surface area contributed by atoms with Gasteiger partial charge in [-0.15, -0.1) is 10.2 Å². The van der Waals surface area contributed by atoms with Gasteiger partial charge in [-0.2, -0.15) is 0 Å². The fraction of sp³-hybridized carbons (Fsp3) is 0.571. The summed E-state index contributed by atoms with van der Waals surface area (Å²) in [4.78, 5) is 4.71. The summed E-state index contributed by atoms with van der Waals surface area (Å²) in [6, 6.07) is 4.54. The van der Waals surface area contributed by atoms with Crippen LogP contribution in [-0.2, 0) is 24.9 Å². The van der Waals surface area contributed by atoms with E-state index >= 15 is 0 Å². The summed E-state index contributed by atoms with van der Waals surface area (Å²) >= 11 is 6.27. The summed E-state index contributed by atoms with van der Waals surface area (Å²) in [5.74, 6) is 2.35. The number of hydrogen-bond donors (Lipinski definition) is 2. The largest absolute Gasteiger partial charge is 0.357 e. The van der Waals surface area contributed by atoms with Gasteiger partial charge in [0.1, 0.15) is 18.2 Å². The minimum absolute atomic E-state index is 0.299. The van der Waals surface area contributed by atoms with Gasteiger partial charge in [0.15, 0.2) is 11.8 Å². The van der Waals surface area contributed by atoms with Crippen LogP contribution in [0.3, 0.4) is 0 Å². The molecular formula is C21H30ClFN6. The fourth-order valence-electron chi connectivity index (χ4n) is 3.59. The maximum absolute atomic E-state index is 13.4. The standard InChI is InChI=1S/C21H30ClFN6/c1-4-24-20(25-13-19-28-27-18-8-6-5-7-11-29(18)19)26-14-21(2,3)16-10-9-15(23)12-17(16)22/h9-10,12H,4-8,11,13-14H2,1-3H3,(H2,24,25,26). The van der Waals surface area contributed by atoms with Crippen LogP contribution < -0.4 is 10.6 Å². The van der Waals surface area contributed by atoms with Crippen LogP contribution >= 0.6 is 11.6 Å². The van der Waals surface area contributed by atoms with E-state index in [2.05, 4.69) is 39.2 Å². The van der Waals surface area contributed by atoms with Gasteiger partial charge < -0.3 is 15.2 Å². The molecule has 6 nitrogen and oxygen atoms in total. The Morgan fingerprint density at radius 1 is 1.24 bits per heavy atom. The van der Waals surface area contributed by atoms with Crippen molar-refractivity contribution in [1.82, 2.24) is 25.4 Å². The van der Waals surface area contributed by atoms with E-state index in [1.807, 2.05) is 6.92 Å². The van der Waals surface area contributed by atoms with Crippen LogP contribution in [0.4, 0.5) is 4.39 Å². The van der Waals surface area contributed by atoms with Gasteiger partial charge in [0.25, 0.3) is 0 Å². The number of aryl methyl sites for hydroxylation is 1. The third-order valence-corrected chi connectivity index (χ3v) is 5.58. The highest BCUT2D eigenvalue weighted by molar-refractivity contribution is 6.31. The zero-order valence-corrected chi connectivity index (χ0v) is 18.2. The Balaban J connectivity index is 1.69. The number of guanidine groups is 1. The highest BCUT2D eigenvalue weighted by atomic mass is 35.5. The third kappa shape index (κ3) is 5.47. The highest BCUT2D eigenvalue weighted by Crippen LogP contribution is 2.29. The lowest BCUT2D eigenvalue weighted by molar-refractivity contribution is 0.506. The van der Waals surface area contributed by atoms with Crippen LogP contribution in [0.2, 0.25) is 5.02 Å². The minimum Gasteiger partial charge on any atom is -0.357 e. The zero-order valence-electron chi connectivity index (χ0n) is 17.4. The van der Waals surface area contributed by atoms with E-state index in [1.54, 1.807) is 6.07 Å². The molecule has 0 unspecified atom stereocenters. The molecule has 1 aliphatic heterocycles.